The molecule has 1 heterocycles. The van der Waals surface area contributed by atoms with E-state index in [0.29, 0.717) is 29.4 Å². The maximum Gasteiger partial charge on any atom is 0.374 e. The Bertz CT molecular complexity index is 842. The molecule has 1 aromatic heterocycles. The summed E-state index contributed by atoms with van der Waals surface area (Å²) in [6.45, 7) is 0.389. The van der Waals surface area contributed by atoms with Gasteiger partial charge in [0, 0.05) is 11.6 Å². The first-order chi connectivity index (χ1) is 11.7. The lowest BCUT2D eigenvalue weighted by Crippen LogP contribution is -1.98. The first-order valence-electron chi connectivity index (χ1n) is 7.23. The van der Waals surface area contributed by atoms with E-state index in [2.05, 4.69) is 5.16 Å². The molecule has 0 amide bonds. The lowest BCUT2D eigenvalue weighted by Gasteiger charge is -2.13. The van der Waals surface area contributed by atoms with E-state index in [1.165, 1.54) is 13.2 Å². The van der Waals surface area contributed by atoms with Gasteiger partial charge in [-0.3, -0.25) is 0 Å². The first kappa shape index (κ1) is 15.6. The van der Waals surface area contributed by atoms with Crippen molar-refractivity contribution in [1.29, 1.82) is 0 Å². The molecule has 1 N–H and O–H groups in total. The fourth-order valence-electron chi connectivity index (χ4n) is 2.28. The molecule has 0 bridgehead atoms. The number of nitrogens with zero attached hydrogens (tertiary/aromatic N) is 1. The number of aromatic carboxylic acids is 1. The van der Waals surface area contributed by atoms with Crippen molar-refractivity contribution in [2.75, 3.05) is 7.11 Å². The summed E-state index contributed by atoms with van der Waals surface area (Å²) in [6.07, 6.45) is 0. The zero-order chi connectivity index (χ0) is 16.9. The van der Waals surface area contributed by atoms with Gasteiger partial charge in [-0.25, -0.2) is 4.79 Å². The molecule has 6 nitrogen and oxygen atoms in total. The molecule has 0 aliphatic carbocycles. The van der Waals surface area contributed by atoms with E-state index in [-0.39, 0.29) is 5.76 Å². The number of ether oxygens (including phenoxy) is 2. The molecule has 0 unspecified atom stereocenters. The standard InChI is InChI=1S/C18H15NO5/c1-22-17-13(14-10-16(18(20)21)24-19-14)8-5-9-15(17)23-11-12-6-3-2-4-7-12/h2-10H,11H2,1H3,(H,20,21). The van der Waals surface area contributed by atoms with Crippen LogP contribution in [-0.4, -0.2) is 23.3 Å². The molecular weight excluding hydrogens is 310 g/mol. The lowest BCUT2D eigenvalue weighted by molar-refractivity contribution is 0.0652. The van der Waals surface area contributed by atoms with Crippen LogP contribution < -0.4 is 9.47 Å². The van der Waals surface area contributed by atoms with Crippen LogP contribution in [0.4, 0.5) is 0 Å². The van der Waals surface area contributed by atoms with E-state index in [9.17, 15) is 4.79 Å². The predicted octanol–water partition coefficient (Wildman–Crippen LogP) is 3.63. The van der Waals surface area contributed by atoms with Crippen molar-refractivity contribution in [3.05, 3.63) is 65.9 Å². The molecule has 3 rings (SSSR count). The Hall–Kier alpha value is -3.28. The molecule has 0 radical (unpaired) electrons. The highest BCUT2D eigenvalue weighted by Gasteiger charge is 2.18. The van der Waals surface area contributed by atoms with Gasteiger partial charge in [-0.2, -0.15) is 0 Å². The van der Waals surface area contributed by atoms with E-state index >= 15 is 0 Å². The Morgan fingerprint density at radius 2 is 1.96 bits per heavy atom. The van der Waals surface area contributed by atoms with Gasteiger partial charge in [-0.15, -0.1) is 0 Å². The SMILES string of the molecule is COc1c(OCc2ccccc2)cccc1-c1cc(C(=O)O)on1. The highest BCUT2D eigenvalue weighted by molar-refractivity contribution is 5.86. The van der Waals surface area contributed by atoms with Crippen LogP contribution >= 0.6 is 0 Å². The van der Waals surface area contributed by atoms with Crippen molar-refractivity contribution < 1.29 is 23.9 Å². The summed E-state index contributed by atoms with van der Waals surface area (Å²) in [5.74, 6) is -0.399. The van der Waals surface area contributed by atoms with Crippen LogP contribution in [0.25, 0.3) is 11.3 Å². The van der Waals surface area contributed by atoms with E-state index < -0.39 is 5.97 Å². The van der Waals surface area contributed by atoms with Gasteiger partial charge in [0.05, 0.1) is 7.11 Å². The molecule has 2 aromatic carbocycles. The summed E-state index contributed by atoms with van der Waals surface area (Å²) in [7, 11) is 1.52. The fraction of sp³-hybridized carbons (Fsp3) is 0.111. The van der Waals surface area contributed by atoms with Crippen molar-refractivity contribution in [3.63, 3.8) is 0 Å². The van der Waals surface area contributed by atoms with Gasteiger partial charge in [0.1, 0.15) is 12.3 Å². The number of aromatic nitrogens is 1. The normalized spacial score (nSPS) is 10.4. The van der Waals surface area contributed by atoms with Crippen LogP contribution in [0.2, 0.25) is 0 Å². The molecule has 0 fully saturated rings. The van der Waals surface area contributed by atoms with Crippen LogP contribution in [0.1, 0.15) is 16.1 Å². The van der Waals surface area contributed by atoms with Crippen LogP contribution in [0.15, 0.2) is 59.1 Å². The average Bonchev–Trinajstić information content (AvgIpc) is 3.10. The van der Waals surface area contributed by atoms with Gasteiger partial charge in [0.25, 0.3) is 0 Å². The van der Waals surface area contributed by atoms with Crippen LogP contribution in [0.5, 0.6) is 11.5 Å². The third-order valence-corrected chi connectivity index (χ3v) is 3.42. The van der Waals surface area contributed by atoms with Gasteiger partial charge in [0.15, 0.2) is 11.5 Å². The Balaban J connectivity index is 1.89. The maximum atomic E-state index is 10.9. The predicted molar refractivity (Wildman–Crippen MR) is 86.2 cm³/mol. The quantitative estimate of drug-likeness (QED) is 0.745. The Labute approximate surface area is 138 Å². The van der Waals surface area contributed by atoms with Gasteiger partial charge in [0.2, 0.25) is 5.76 Å². The largest absolute Gasteiger partial charge is 0.492 e. The van der Waals surface area contributed by atoms with E-state index in [1.807, 2.05) is 30.3 Å². The number of carboxylic acids is 1. The van der Waals surface area contributed by atoms with Gasteiger partial charge < -0.3 is 19.1 Å². The average molecular weight is 325 g/mol. The van der Waals surface area contributed by atoms with Crippen molar-refractivity contribution >= 4 is 5.97 Å². The molecule has 0 aliphatic heterocycles. The molecule has 0 atom stereocenters. The minimum atomic E-state index is -1.18. The molecule has 6 heteroatoms. The van der Waals surface area contributed by atoms with Crippen molar-refractivity contribution in [3.8, 4) is 22.8 Å². The Morgan fingerprint density at radius 3 is 2.62 bits per heavy atom. The second kappa shape index (κ2) is 6.87. The molecule has 3 aromatic rings. The van der Waals surface area contributed by atoms with Crippen molar-refractivity contribution in [2.45, 2.75) is 6.61 Å². The summed E-state index contributed by atoms with van der Waals surface area (Å²) in [5.41, 5.74) is 1.99. The summed E-state index contributed by atoms with van der Waals surface area (Å²) >= 11 is 0. The first-order valence-corrected chi connectivity index (χ1v) is 7.23. The minimum absolute atomic E-state index is 0.234. The number of carbonyl (C=O) groups is 1. The highest BCUT2D eigenvalue weighted by atomic mass is 16.5. The number of para-hydroxylation sites is 1. The van der Waals surface area contributed by atoms with E-state index in [0.717, 1.165) is 5.56 Å². The third kappa shape index (κ3) is 3.22. The topological polar surface area (TPSA) is 81.8 Å². The second-order valence-corrected chi connectivity index (χ2v) is 4.99. The summed E-state index contributed by atoms with van der Waals surface area (Å²) in [5, 5.41) is 12.7. The fourth-order valence-corrected chi connectivity index (χ4v) is 2.28. The highest BCUT2D eigenvalue weighted by Crippen LogP contribution is 2.38. The number of benzene rings is 2. The van der Waals surface area contributed by atoms with Crippen LogP contribution in [-0.2, 0) is 6.61 Å². The molecule has 0 saturated carbocycles. The Kier molecular flexibility index (Phi) is 4.47. The number of carboxylic acid groups (broad SMARTS) is 1. The molecular formula is C18H15NO5. The molecule has 0 aliphatic rings. The molecule has 0 spiro atoms. The zero-order valence-electron chi connectivity index (χ0n) is 12.9. The maximum absolute atomic E-state index is 10.9. The zero-order valence-corrected chi connectivity index (χ0v) is 12.9. The smallest absolute Gasteiger partial charge is 0.374 e. The van der Waals surface area contributed by atoms with Crippen molar-refractivity contribution in [2.24, 2.45) is 0 Å². The number of rotatable bonds is 6. The molecule has 24 heavy (non-hydrogen) atoms. The molecule has 0 saturated heterocycles. The summed E-state index contributed by atoms with van der Waals surface area (Å²) in [4.78, 5) is 10.9. The van der Waals surface area contributed by atoms with Crippen LogP contribution in [0.3, 0.4) is 0 Å². The van der Waals surface area contributed by atoms with Crippen LogP contribution in [0, 0.1) is 0 Å². The minimum Gasteiger partial charge on any atom is -0.492 e. The number of hydrogen-bond donors (Lipinski definition) is 1. The van der Waals surface area contributed by atoms with Gasteiger partial charge in [-0.1, -0.05) is 41.6 Å². The van der Waals surface area contributed by atoms with E-state index in [4.69, 9.17) is 19.1 Å². The second-order valence-electron chi connectivity index (χ2n) is 4.99. The summed E-state index contributed by atoms with van der Waals surface area (Å²) < 4.78 is 16.1. The van der Waals surface area contributed by atoms with Gasteiger partial charge in [-0.05, 0) is 17.7 Å². The number of methoxy groups -OCH3 is 1. The van der Waals surface area contributed by atoms with E-state index in [1.54, 1.807) is 18.2 Å². The lowest BCUT2D eigenvalue weighted by atomic mass is 10.1. The molecule has 122 valence electrons. The van der Waals surface area contributed by atoms with Gasteiger partial charge >= 0.3 is 5.97 Å². The Morgan fingerprint density at radius 1 is 1.17 bits per heavy atom. The van der Waals surface area contributed by atoms with Crippen molar-refractivity contribution in [1.82, 2.24) is 5.16 Å². The third-order valence-electron chi connectivity index (χ3n) is 3.42. The number of hydrogen-bond acceptors (Lipinski definition) is 5. The monoisotopic (exact) mass is 325 g/mol. The summed E-state index contributed by atoms with van der Waals surface area (Å²) in [6, 6.07) is 16.4.